The van der Waals surface area contributed by atoms with Crippen LogP contribution in [0, 0.1) is 0 Å². The molecule has 7 nitrogen and oxygen atoms in total. The van der Waals surface area contributed by atoms with Gasteiger partial charge >= 0.3 is 0 Å². The van der Waals surface area contributed by atoms with Gasteiger partial charge in [-0.3, -0.25) is 0 Å². The molecule has 1 atom stereocenters. The van der Waals surface area contributed by atoms with Crippen LogP contribution >= 0.6 is 0 Å². The number of nitrogens with two attached hydrogens (primary N) is 1. The SMILES string of the molecule is CCn1ncc2c(NC(C)C)nc(NCC(N)c3ccccc3)nc21. The lowest BCUT2D eigenvalue weighted by Gasteiger charge is -2.15. The van der Waals surface area contributed by atoms with Crippen molar-refractivity contribution in [2.45, 2.75) is 39.4 Å². The third-order valence-electron chi connectivity index (χ3n) is 3.93. The van der Waals surface area contributed by atoms with E-state index in [0.29, 0.717) is 12.5 Å². The number of hydrogen-bond donors (Lipinski definition) is 3. The van der Waals surface area contributed by atoms with Gasteiger partial charge in [-0.05, 0) is 26.3 Å². The second kappa shape index (κ2) is 7.48. The van der Waals surface area contributed by atoms with Gasteiger partial charge in [-0.1, -0.05) is 30.3 Å². The standard InChI is InChI=1S/C18H25N7/c1-4-25-17-14(10-21-25)16(22-12(2)3)23-18(24-17)20-11-15(19)13-8-6-5-7-9-13/h5-10,12,15H,4,11,19H2,1-3H3,(H2,20,22,23,24). The predicted molar refractivity (Wildman–Crippen MR) is 102 cm³/mol. The van der Waals surface area contributed by atoms with Crippen molar-refractivity contribution in [3.8, 4) is 0 Å². The van der Waals surface area contributed by atoms with E-state index in [1.807, 2.05) is 48.1 Å². The Balaban J connectivity index is 1.85. The lowest BCUT2D eigenvalue weighted by atomic mass is 10.1. The number of rotatable bonds is 7. The minimum Gasteiger partial charge on any atom is -0.367 e. The van der Waals surface area contributed by atoms with Crippen molar-refractivity contribution >= 4 is 22.8 Å². The Bertz CT molecular complexity index is 826. The van der Waals surface area contributed by atoms with E-state index < -0.39 is 0 Å². The highest BCUT2D eigenvalue weighted by Gasteiger charge is 2.14. The molecule has 4 N–H and O–H groups in total. The first-order valence-electron chi connectivity index (χ1n) is 8.63. The molecular formula is C18H25N7. The fourth-order valence-corrected chi connectivity index (χ4v) is 2.67. The van der Waals surface area contributed by atoms with Crippen molar-refractivity contribution < 1.29 is 0 Å². The van der Waals surface area contributed by atoms with Crippen LogP contribution < -0.4 is 16.4 Å². The van der Waals surface area contributed by atoms with Crippen LogP contribution in [0.2, 0.25) is 0 Å². The van der Waals surface area contributed by atoms with Gasteiger partial charge in [0.2, 0.25) is 5.95 Å². The van der Waals surface area contributed by atoms with Gasteiger partial charge in [0.25, 0.3) is 0 Å². The van der Waals surface area contributed by atoms with E-state index >= 15 is 0 Å². The van der Waals surface area contributed by atoms with E-state index in [0.717, 1.165) is 29.0 Å². The Morgan fingerprint density at radius 2 is 1.92 bits per heavy atom. The van der Waals surface area contributed by atoms with Crippen LogP contribution in [0.1, 0.15) is 32.4 Å². The molecule has 0 aliphatic carbocycles. The fraction of sp³-hybridized carbons (Fsp3) is 0.389. The Morgan fingerprint density at radius 1 is 1.16 bits per heavy atom. The molecule has 0 saturated carbocycles. The summed E-state index contributed by atoms with van der Waals surface area (Å²) in [5, 5.41) is 11.9. The van der Waals surface area contributed by atoms with Crippen LogP contribution in [0.4, 0.5) is 11.8 Å². The maximum Gasteiger partial charge on any atom is 0.226 e. The van der Waals surface area contributed by atoms with Gasteiger partial charge in [0.1, 0.15) is 5.82 Å². The summed E-state index contributed by atoms with van der Waals surface area (Å²) in [7, 11) is 0. The zero-order valence-corrected chi connectivity index (χ0v) is 14.9. The average molecular weight is 339 g/mol. The normalized spacial score (nSPS) is 12.5. The van der Waals surface area contributed by atoms with Crippen LogP contribution in [-0.2, 0) is 6.54 Å². The van der Waals surface area contributed by atoms with Crippen molar-refractivity contribution in [2.75, 3.05) is 17.2 Å². The zero-order chi connectivity index (χ0) is 17.8. The number of anilines is 2. The molecule has 0 spiro atoms. The molecule has 25 heavy (non-hydrogen) atoms. The summed E-state index contributed by atoms with van der Waals surface area (Å²) in [5.74, 6) is 1.34. The molecular weight excluding hydrogens is 314 g/mol. The molecule has 0 amide bonds. The third kappa shape index (κ3) is 3.88. The summed E-state index contributed by atoms with van der Waals surface area (Å²) in [4.78, 5) is 9.23. The number of nitrogens with one attached hydrogen (secondary N) is 2. The quantitative estimate of drug-likeness (QED) is 0.613. The van der Waals surface area contributed by atoms with Gasteiger partial charge in [0.15, 0.2) is 5.65 Å². The van der Waals surface area contributed by atoms with E-state index in [-0.39, 0.29) is 12.1 Å². The van der Waals surface area contributed by atoms with Crippen molar-refractivity contribution in [3.63, 3.8) is 0 Å². The molecule has 132 valence electrons. The van der Waals surface area contributed by atoms with Gasteiger partial charge in [-0.25, -0.2) is 4.68 Å². The summed E-state index contributed by atoms with van der Waals surface area (Å²) >= 11 is 0. The molecule has 3 aromatic rings. The minimum atomic E-state index is -0.127. The Hall–Kier alpha value is -2.67. The molecule has 2 heterocycles. The van der Waals surface area contributed by atoms with Crippen molar-refractivity contribution in [2.24, 2.45) is 5.73 Å². The number of hydrogen-bond acceptors (Lipinski definition) is 6. The summed E-state index contributed by atoms with van der Waals surface area (Å²) in [5.41, 5.74) is 8.15. The van der Waals surface area contributed by atoms with Gasteiger partial charge < -0.3 is 16.4 Å². The smallest absolute Gasteiger partial charge is 0.226 e. The molecule has 0 saturated heterocycles. The molecule has 7 heteroatoms. The number of fused-ring (bicyclic) bond motifs is 1. The highest BCUT2D eigenvalue weighted by atomic mass is 15.3. The Morgan fingerprint density at radius 3 is 2.60 bits per heavy atom. The van der Waals surface area contributed by atoms with Crippen LogP contribution in [0.15, 0.2) is 36.5 Å². The van der Waals surface area contributed by atoms with Crippen molar-refractivity contribution in [3.05, 3.63) is 42.1 Å². The van der Waals surface area contributed by atoms with E-state index in [1.54, 1.807) is 0 Å². The van der Waals surface area contributed by atoms with Gasteiger partial charge in [0.05, 0.1) is 11.6 Å². The van der Waals surface area contributed by atoms with Crippen molar-refractivity contribution in [1.82, 2.24) is 19.7 Å². The summed E-state index contributed by atoms with van der Waals surface area (Å²) in [6.07, 6.45) is 1.81. The zero-order valence-electron chi connectivity index (χ0n) is 14.9. The molecule has 0 aliphatic heterocycles. The monoisotopic (exact) mass is 339 g/mol. The number of nitrogens with zero attached hydrogens (tertiary/aromatic N) is 4. The number of aromatic nitrogens is 4. The lowest BCUT2D eigenvalue weighted by molar-refractivity contribution is 0.676. The summed E-state index contributed by atoms with van der Waals surface area (Å²) in [6.45, 7) is 7.51. The van der Waals surface area contributed by atoms with E-state index in [9.17, 15) is 0 Å². The first-order chi connectivity index (χ1) is 12.1. The van der Waals surface area contributed by atoms with E-state index in [1.165, 1.54) is 0 Å². The average Bonchev–Trinajstić information content (AvgIpc) is 3.03. The molecule has 2 aromatic heterocycles. The maximum atomic E-state index is 6.26. The van der Waals surface area contributed by atoms with Crippen LogP contribution in [0.25, 0.3) is 11.0 Å². The molecule has 1 aromatic carbocycles. The largest absolute Gasteiger partial charge is 0.367 e. The van der Waals surface area contributed by atoms with E-state index in [2.05, 4.69) is 39.5 Å². The number of aryl methyl sites for hydroxylation is 1. The first-order valence-corrected chi connectivity index (χ1v) is 8.63. The second-order valence-corrected chi connectivity index (χ2v) is 6.29. The molecule has 0 aliphatic rings. The van der Waals surface area contributed by atoms with Crippen LogP contribution in [0.5, 0.6) is 0 Å². The minimum absolute atomic E-state index is 0.127. The van der Waals surface area contributed by atoms with Crippen molar-refractivity contribution in [1.29, 1.82) is 0 Å². The highest BCUT2D eigenvalue weighted by molar-refractivity contribution is 5.87. The predicted octanol–water partition coefficient (Wildman–Crippen LogP) is 2.78. The summed E-state index contributed by atoms with van der Waals surface area (Å²) in [6, 6.07) is 10.1. The maximum absolute atomic E-state index is 6.26. The van der Waals surface area contributed by atoms with Crippen LogP contribution in [-0.4, -0.2) is 32.3 Å². The Labute approximate surface area is 147 Å². The summed E-state index contributed by atoms with van der Waals surface area (Å²) < 4.78 is 1.87. The first kappa shape index (κ1) is 17.2. The topological polar surface area (TPSA) is 93.7 Å². The Kier molecular flexibility index (Phi) is 5.14. The molecule has 0 radical (unpaired) electrons. The lowest BCUT2D eigenvalue weighted by Crippen LogP contribution is -2.22. The van der Waals surface area contributed by atoms with Gasteiger partial charge in [0, 0.05) is 25.2 Å². The molecule has 1 unspecified atom stereocenters. The fourth-order valence-electron chi connectivity index (χ4n) is 2.67. The molecule has 0 fully saturated rings. The third-order valence-corrected chi connectivity index (χ3v) is 3.93. The highest BCUT2D eigenvalue weighted by Crippen LogP contribution is 2.23. The van der Waals surface area contributed by atoms with E-state index in [4.69, 9.17) is 5.73 Å². The molecule has 3 rings (SSSR count). The van der Waals surface area contributed by atoms with Gasteiger partial charge in [-0.2, -0.15) is 15.1 Å². The number of benzene rings is 1. The molecule has 0 bridgehead atoms. The van der Waals surface area contributed by atoms with Gasteiger partial charge in [-0.15, -0.1) is 0 Å². The van der Waals surface area contributed by atoms with Crippen LogP contribution in [0.3, 0.4) is 0 Å². The second-order valence-electron chi connectivity index (χ2n) is 6.29.